The molecule has 0 saturated heterocycles. The van der Waals surface area contributed by atoms with Gasteiger partial charge >= 0.3 is 0 Å². The molecule has 0 aromatic heterocycles. The highest BCUT2D eigenvalue weighted by Crippen LogP contribution is 2.17. The first kappa shape index (κ1) is 12.2. The van der Waals surface area contributed by atoms with Crippen molar-refractivity contribution in [2.45, 2.75) is 27.2 Å². The standard InChI is InChI=1S/C12H21N/c1-5-6-7-12(8-10(2)3)11(4)9-13/h5-7,10H,4,8-9,13H2,1-3H3/b6-5-,12-7-. The quantitative estimate of drug-likeness (QED) is 0.645. The van der Waals surface area contributed by atoms with Crippen LogP contribution in [0.4, 0.5) is 0 Å². The maximum absolute atomic E-state index is 5.56. The van der Waals surface area contributed by atoms with Crippen LogP contribution in [-0.2, 0) is 0 Å². The SMILES string of the molecule is C=C(CN)/C(=C\C=C/C)CC(C)C. The van der Waals surface area contributed by atoms with E-state index in [2.05, 4.69) is 26.5 Å². The summed E-state index contributed by atoms with van der Waals surface area (Å²) in [4.78, 5) is 0. The van der Waals surface area contributed by atoms with Gasteiger partial charge in [-0.3, -0.25) is 0 Å². The van der Waals surface area contributed by atoms with E-state index in [-0.39, 0.29) is 0 Å². The van der Waals surface area contributed by atoms with E-state index >= 15 is 0 Å². The summed E-state index contributed by atoms with van der Waals surface area (Å²) in [6, 6.07) is 0. The van der Waals surface area contributed by atoms with Gasteiger partial charge in [-0.2, -0.15) is 0 Å². The lowest BCUT2D eigenvalue weighted by Crippen LogP contribution is -2.06. The molecule has 0 aliphatic carbocycles. The minimum atomic E-state index is 0.552. The molecule has 1 nitrogen and oxygen atoms in total. The van der Waals surface area contributed by atoms with Crippen molar-refractivity contribution < 1.29 is 0 Å². The summed E-state index contributed by atoms with van der Waals surface area (Å²) in [7, 11) is 0. The lowest BCUT2D eigenvalue weighted by molar-refractivity contribution is 0.644. The fraction of sp³-hybridized carbons (Fsp3) is 0.500. The van der Waals surface area contributed by atoms with E-state index in [1.54, 1.807) is 0 Å². The van der Waals surface area contributed by atoms with Gasteiger partial charge in [0.25, 0.3) is 0 Å². The van der Waals surface area contributed by atoms with Crippen LogP contribution in [0.2, 0.25) is 0 Å². The Labute approximate surface area is 82.0 Å². The number of rotatable bonds is 5. The molecule has 2 N–H and O–H groups in total. The van der Waals surface area contributed by atoms with Gasteiger partial charge in [-0.15, -0.1) is 0 Å². The third kappa shape index (κ3) is 5.42. The largest absolute Gasteiger partial charge is 0.327 e. The van der Waals surface area contributed by atoms with E-state index in [1.807, 2.05) is 19.1 Å². The van der Waals surface area contributed by atoms with Gasteiger partial charge < -0.3 is 5.73 Å². The van der Waals surface area contributed by atoms with Crippen LogP contribution in [0.1, 0.15) is 27.2 Å². The summed E-state index contributed by atoms with van der Waals surface area (Å²) in [5.74, 6) is 0.653. The Morgan fingerprint density at radius 3 is 2.46 bits per heavy atom. The van der Waals surface area contributed by atoms with Crippen molar-refractivity contribution in [2.24, 2.45) is 11.7 Å². The van der Waals surface area contributed by atoms with Gasteiger partial charge in [0.1, 0.15) is 0 Å². The van der Waals surface area contributed by atoms with Crippen molar-refractivity contribution in [1.29, 1.82) is 0 Å². The molecule has 0 bridgehead atoms. The Hall–Kier alpha value is -0.820. The Morgan fingerprint density at radius 2 is 2.08 bits per heavy atom. The number of hydrogen-bond donors (Lipinski definition) is 1. The van der Waals surface area contributed by atoms with Gasteiger partial charge in [-0.25, -0.2) is 0 Å². The maximum atomic E-state index is 5.56. The minimum Gasteiger partial charge on any atom is -0.327 e. The zero-order valence-electron chi connectivity index (χ0n) is 9.01. The van der Waals surface area contributed by atoms with E-state index in [1.165, 1.54) is 5.57 Å². The molecule has 0 fully saturated rings. The monoisotopic (exact) mass is 179 g/mol. The van der Waals surface area contributed by atoms with Crippen LogP contribution >= 0.6 is 0 Å². The summed E-state index contributed by atoms with van der Waals surface area (Å²) in [6.45, 7) is 10.9. The Morgan fingerprint density at radius 1 is 1.46 bits per heavy atom. The van der Waals surface area contributed by atoms with E-state index < -0.39 is 0 Å². The van der Waals surface area contributed by atoms with Crippen molar-refractivity contribution in [3.05, 3.63) is 36.0 Å². The molecule has 0 rings (SSSR count). The predicted molar refractivity (Wildman–Crippen MR) is 60.5 cm³/mol. The molecule has 0 heterocycles. The molecule has 74 valence electrons. The highest BCUT2D eigenvalue weighted by atomic mass is 14.5. The van der Waals surface area contributed by atoms with Crippen molar-refractivity contribution >= 4 is 0 Å². The van der Waals surface area contributed by atoms with Crippen LogP contribution in [-0.4, -0.2) is 6.54 Å². The van der Waals surface area contributed by atoms with Crippen LogP contribution < -0.4 is 5.73 Å². The summed E-state index contributed by atoms with van der Waals surface area (Å²) in [6.07, 6.45) is 7.22. The fourth-order valence-electron chi connectivity index (χ4n) is 1.11. The van der Waals surface area contributed by atoms with Crippen molar-refractivity contribution in [3.63, 3.8) is 0 Å². The zero-order valence-corrected chi connectivity index (χ0v) is 9.01. The molecule has 0 amide bonds. The summed E-state index contributed by atoms with van der Waals surface area (Å²) < 4.78 is 0. The predicted octanol–water partition coefficient (Wildman–Crippen LogP) is 3.05. The molecule has 0 aromatic carbocycles. The van der Waals surface area contributed by atoms with Crippen LogP contribution in [0, 0.1) is 5.92 Å². The van der Waals surface area contributed by atoms with E-state index in [9.17, 15) is 0 Å². The Bertz CT molecular complexity index is 209. The van der Waals surface area contributed by atoms with Gasteiger partial charge in [0.15, 0.2) is 0 Å². The molecule has 0 aliphatic rings. The second-order valence-corrected chi connectivity index (χ2v) is 3.62. The number of hydrogen-bond acceptors (Lipinski definition) is 1. The third-order valence-corrected chi connectivity index (χ3v) is 1.82. The van der Waals surface area contributed by atoms with Gasteiger partial charge in [-0.05, 0) is 30.4 Å². The lowest BCUT2D eigenvalue weighted by Gasteiger charge is -2.10. The highest BCUT2D eigenvalue weighted by molar-refractivity contribution is 5.32. The van der Waals surface area contributed by atoms with Crippen LogP contribution in [0.5, 0.6) is 0 Å². The second-order valence-electron chi connectivity index (χ2n) is 3.62. The molecule has 0 unspecified atom stereocenters. The summed E-state index contributed by atoms with van der Waals surface area (Å²) in [5, 5.41) is 0. The van der Waals surface area contributed by atoms with Crippen molar-refractivity contribution in [1.82, 2.24) is 0 Å². The maximum Gasteiger partial charge on any atom is 0.0174 e. The smallest absolute Gasteiger partial charge is 0.0174 e. The number of allylic oxidation sites excluding steroid dienone is 3. The summed E-state index contributed by atoms with van der Waals surface area (Å²) >= 11 is 0. The number of nitrogens with two attached hydrogens (primary N) is 1. The third-order valence-electron chi connectivity index (χ3n) is 1.82. The second kappa shape index (κ2) is 6.67. The lowest BCUT2D eigenvalue weighted by atomic mass is 9.97. The minimum absolute atomic E-state index is 0.552. The zero-order chi connectivity index (χ0) is 10.3. The molecule has 0 radical (unpaired) electrons. The van der Waals surface area contributed by atoms with Crippen LogP contribution in [0.3, 0.4) is 0 Å². The van der Waals surface area contributed by atoms with E-state index in [0.29, 0.717) is 12.5 Å². The molecule has 0 aliphatic heterocycles. The molecular weight excluding hydrogens is 158 g/mol. The Balaban J connectivity index is 4.45. The average molecular weight is 179 g/mol. The molecule has 0 spiro atoms. The summed E-state index contributed by atoms with van der Waals surface area (Å²) in [5.41, 5.74) is 7.88. The van der Waals surface area contributed by atoms with E-state index in [4.69, 9.17) is 5.73 Å². The van der Waals surface area contributed by atoms with Gasteiger partial charge in [-0.1, -0.05) is 38.7 Å². The molecule has 0 saturated carbocycles. The first-order valence-corrected chi connectivity index (χ1v) is 4.81. The van der Waals surface area contributed by atoms with Crippen LogP contribution in [0.15, 0.2) is 36.0 Å². The Kier molecular flexibility index (Phi) is 6.25. The topological polar surface area (TPSA) is 26.0 Å². The molecule has 13 heavy (non-hydrogen) atoms. The molecule has 0 atom stereocenters. The van der Waals surface area contributed by atoms with Gasteiger partial charge in [0.05, 0.1) is 0 Å². The first-order valence-electron chi connectivity index (χ1n) is 4.81. The van der Waals surface area contributed by atoms with E-state index in [0.717, 1.165) is 12.0 Å². The average Bonchev–Trinajstić information content (AvgIpc) is 2.10. The molecule has 1 heteroatoms. The van der Waals surface area contributed by atoms with Crippen molar-refractivity contribution in [2.75, 3.05) is 6.54 Å². The fourth-order valence-corrected chi connectivity index (χ4v) is 1.11. The highest BCUT2D eigenvalue weighted by Gasteiger charge is 2.02. The molecular formula is C12H21N. The van der Waals surface area contributed by atoms with Crippen LogP contribution in [0.25, 0.3) is 0 Å². The molecule has 0 aromatic rings. The van der Waals surface area contributed by atoms with Crippen molar-refractivity contribution in [3.8, 4) is 0 Å². The van der Waals surface area contributed by atoms with Gasteiger partial charge in [0, 0.05) is 6.54 Å². The normalized spacial score (nSPS) is 12.8. The van der Waals surface area contributed by atoms with Gasteiger partial charge in [0.2, 0.25) is 0 Å². The first-order chi connectivity index (χ1) is 6.11.